The normalized spacial score (nSPS) is 17.9. The SMILES string of the molecule is COc1ccc(CC2C(=O)OC(C)(C)OC2=O)cc1OC. The number of hydrogen-bond donors (Lipinski definition) is 0. The Balaban J connectivity index is 2.18. The van der Waals surface area contributed by atoms with E-state index in [-0.39, 0.29) is 6.42 Å². The smallest absolute Gasteiger partial charge is 0.323 e. The van der Waals surface area contributed by atoms with Crippen molar-refractivity contribution >= 4 is 11.9 Å². The zero-order chi connectivity index (χ0) is 15.6. The van der Waals surface area contributed by atoms with Crippen molar-refractivity contribution < 1.29 is 28.5 Å². The number of rotatable bonds is 4. The molecular weight excluding hydrogens is 276 g/mol. The van der Waals surface area contributed by atoms with Crippen molar-refractivity contribution in [2.45, 2.75) is 26.1 Å². The molecule has 114 valence electrons. The van der Waals surface area contributed by atoms with Gasteiger partial charge in [0, 0.05) is 13.8 Å². The highest BCUT2D eigenvalue weighted by atomic mass is 16.7. The highest BCUT2D eigenvalue weighted by Crippen LogP contribution is 2.30. The van der Waals surface area contributed by atoms with Crippen molar-refractivity contribution in [3.05, 3.63) is 23.8 Å². The number of cyclic esters (lactones) is 2. The number of carbonyl (C=O) groups is 2. The lowest BCUT2D eigenvalue weighted by atomic mass is 9.98. The van der Waals surface area contributed by atoms with Gasteiger partial charge in [-0.15, -0.1) is 0 Å². The number of methoxy groups -OCH3 is 2. The molecule has 1 aromatic carbocycles. The van der Waals surface area contributed by atoms with Crippen LogP contribution >= 0.6 is 0 Å². The number of esters is 2. The second-order valence-electron chi connectivity index (χ2n) is 5.19. The minimum Gasteiger partial charge on any atom is -0.493 e. The fourth-order valence-corrected chi connectivity index (χ4v) is 2.15. The van der Waals surface area contributed by atoms with Crippen LogP contribution in [0.15, 0.2) is 18.2 Å². The van der Waals surface area contributed by atoms with Gasteiger partial charge in [0.1, 0.15) is 0 Å². The Kier molecular flexibility index (Phi) is 4.06. The maximum absolute atomic E-state index is 11.9. The van der Waals surface area contributed by atoms with Gasteiger partial charge in [0.05, 0.1) is 14.2 Å². The Morgan fingerprint density at radius 3 is 2.14 bits per heavy atom. The highest BCUT2D eigenvalue weighted by Gasteiger charge is 2.43. The van der Waals surface area contributed by atoms with Crippen LogP contribution in [0.4, 0.5) is 0 Å². The fourth-order valence-electron chi connectivity index (χ4n) is 2.15. The van der Waals surface area contributed by atoms with E-state index < -0.39 is 23.6 Å². The Morgan fingerprint density at radius 1 is 1.05 bits per heavy atom. The van der Waals surface area contributed by atoms with Gasteiger partial charge in [0.2, 0.25) is 0 Å². The summed E-state index contributed by atoms with van der Waals surface area (Å²) in [4.78, 5) is 23.8. The topological polar surface area (TPSA) is 71.1 Å². The first-order valence-corrected chi connectivity index (χ1v) is 6.53. The van der Waals surface area contributed by atoms with Crippen molar-refractivity contribution in [2.24, 2.45) is 5.92 Å². The second kappa shape index (κ2) is 5.63. The van der Waals surface area contributed by atoms with E-state index in [9.17, 15) is 9.59 Å². The maximum atomic E-state index is 11.9. The van der Waals surface area contributed by atoms with E-state index in [1.807, 2.05) is 0 Å². The van der Waals surface area contributed by atoms with E-state index in [2.05, 4.69) is 0 Å². The quantitative estimate of drug-likeness (QED) is 0.622. The van der Waals surface area contributed by atoms with Crippen molar-refractivity contribution in [1.82, 2.24) is 0 Å². The Bertz CT molecular complexity index is 543. The molecule has 0 aliphatic carbocycles. The van der Waals surface area contributed by atoms with E-state index in [4.69, 9.17) is 18.9 Å². The van der Waals surface area contributed by atoms with E-state index >= 15 is 0 Å². The molecule has 2 rings (SSSR count). The van der Waals surface area contributed by atoms with Gasteiger partial charge in [-0.25, -0.2) is 0 Å². The minimum absolute atomic E-state index is 0.189. The molecule has 6 heteroatoms. The zero-order valence-corrected chi connectivity index (χ0v) is 12.5. The van der Waals surface area contributed by atoms with Crippen molar-refractivity contribution in [3.63, 3.8) is 0 Å². The summed E-state index contributed by atoms with van der Waals surface area (Å²) in [7, 11) is 3.06. The monoisotopic (exact) mass is 294 g/mol. The third kappa shape index (κ3) is 3.26. The first-order chi connectivity index (χ1) is 9.86. The Morgan fingerprint density at radius 2 is 1.62 bits per heavy atom. The molecule has 0 radical (unpaired) electrons. The summed E-state index contributed by atoms with van der Waals surface area (Å²) in [6, 6.07) is 5.21. The summed E-state index contributed by atoms with van der Waals surface area (Å²) in [6.45, 7) is 3.05. The van der Waals surface area contributed by atoms with Crippen LogP contribution < -0.4 is 9.47 Å². The third-order valence-corrected chi connectivity index (χ3v) is 3.15. The molecule has 0 saturated carbocycles. The first kappa shape index (κ1) is 15.2. The van der Waals surface area contributed by atoms with Gasteiger partial charge in [0.15, 0.2) is 17.4 Å². The molecule has 1 fully saturated rings. The van der Waals surface area contributed by atoms with E-state index in [1.165, 1.54) is 28.1 Å². The van der Waals surface area contributed by atoms with Crippen LogP contribution in [-0.2, 0) is 25.5 Å². The number of ether oxygens (including phenoxy) is 4. The summed E-state index contributed by atoms with van der Waals surface area (Å²) in [5, 5.41) is 0. The molecular formula is C15H18O6. The molecule has 1 aromatic rings. The lowest BCUT2D eigenvalue weighted by Gasteiger charge is -2.32. The predicted molar refractivity (Wildman–Crippen MR) is 73.0 cm³/mol. The largest absolute Gasteiger partial charge is 0.493 e. The van der Waals surface area contributed by atoms with Crippen LogP contribution in [0.25, 0.3) is 0 Å². The Labute approximate surface area is 122 Å². The molecule has 21 heavy (non-hydrogen) atoms. The van der Waals surface area contributed by atoms with E-state index in [1.54, 1.807) is 18.2 Å². The molecule has 6 nitrogen and oxygen atoms in total. The second-order valence-corrected chi connectivity index (χ2v) is 5.19. The van der Waals surface area contributed by atoms with Crippen LogP contribution in [0.5, 0.6) is 11.5 Å². The third-order valence-electron chi connectivity index (χ3n) is 3.15. The molecule has 0 N–H and O–H groups in total. The molecule has 1 heterocycles. The molecule has 1 aliphatic rings. The van der Waals surface area contributed by atoms with Crippen LogP contribution in [0.1, 0.15) is 19.4 Å². The highest BCUT2D eigenvalue weighted by molar-refractivity contribution is 5.96. The average molecular weight is 294 g/mol. The van der Waals surface area contributed by atoms with Gasteiger partial charge in [-0.05, 0) is 24.1 Å². The number of hydrogen-bond acceptors (Lipinski definition) is 6. The van der Waals surface area contributed by atoms with Gasteiger partial charge < -0.3 is 18.9 Å². The van der Waals surface area contributed by atoms with Crippen LogP contribution in [0, 0.1) is 5.92 Å². The average Bonchev–Trinajstić information content (AvgIpc) is 2.41. The molecule has 1 aliphatic heterocycles. The summed E-state index contributed by atoms with van der Waals surface area (Å²) < 4.78 is 20.5. The van der Waals surface area contributed by atoms with Gasteiger partial charge >= 0.3 is 11.9 Å². The minimum atomic E-state index is -1.21. The van der Waals surface area contributed by atoms with E-state index in [0.717, 1.165) is 5.56 Å². The first-order valence-electron chi connectivity index (χ1n) is 6.53. The van der Waals surface area contributed by atoms with Gasteiger partial charge in [-0.3, -0.25) is 9.59 Å². The lowest BCUT2D eigenvalue weighted by Crippen LogP contribution is -2.46. The molecule has 0 amide bonds. The van der Waals surface area contributed by atoms with E-state index in [0.29, 0.717) is 11.5 Å². The lowest BCUT2D eigenvalue weighted by molar-refractivity contribution is -0.239. The van der Waals surface area contributed by atoms with Gasteiger partial charge in [0.25, 0.3) is 5.79 Å². The summed E-state index contributed by atoms with van der Waals surface area (Å²) in [6.07, 6.45) is 0.189. The van der Waals surface area contributed by atoms with Crippen LogP contribution in [0.3, 0.4) is 0 Å². The number of benzene rings is 1. The standard InChI is InChI=1S/C15H18O6/c1-15(2)20-13(16)10(14(17)21-15)7-9-5-6-11(18-3)12(8-9)19-4/h5-6,8,10H,7H2,1-4H3. The Hall–Kier alpha value is -2.24. The molecule has 0 atom stereocenters. The van der Waals surface area contributed by atoms with Crippen molar-refractivity contribution in [2.75, 3.05) is 14.2 Å². The zero-order valence-electron chi connectivity index (χ0n) is 12.5. The van der Waals surface area contributed by atoms with Gasteiger partial charge in [-0.2, -0.15) is 0 Å². The van der Waals surface area contributed by atoms with Gasteiger partial charge in [-0.1, -0.05) is 6.07 Å². The summed E-state index contributed by atoms with van der Waals surface area (Å²) in [5.74, 6) is -2.21. The van der Waals surface area contributed by atoms with Crippen molar-refractivity contribution in [3.8, 4) is 11.5 Å². The molecule has 0 aromatic heterocycles. The molecule has 1 saturated heterocycles. The fraction of sp³-hybridized carbons (Fsp3) is 0.467. The summed E-state index contributed by atoms with van der Waals surface area (Å²) >= 11 is 0. The van der Waals surface area contributed by atoms with Crippen LogP contribution in [-0.4, -0.2) is 31.9 Å². The van der Waals surface area contributed by atoms with Crippen molar-refractivity contribution in [1.29, 1.82) is 0 Å². The molecule has 0 unspecified atom stereocenters. The number of carbonyl (C=O) groups excluding carboxylic acids is 2. The predicted octanol–water partition coefficient (Wildman–Crippen LogP) is 1.70. The molecule has 0 bridgehead atoms. The van der Waals surface area contributed by atoms with Crippen LogP contribution in [0.2, 0.25) is 0 Å². The summed E-state index contributed by atoms with van der Waals surface area (Å²) in [5.41, 5.74) is 0.756. The maximum Gasteiger partial charge on any atom is 0.323 e. The molecule has 0 spiro atoms.